The topological polar surface area (TPSA) is 37.0 Å². The van der Waals surface area contributed by atoms with E-state index in [0.29, 0.717) is 13.2 Å². The molecule has 1 atom stereocenters. The van der Waals surface area contributed by atoms with Crippen molar-refractivity contribution in [3.8, 4) is 0 Å². The second-order valence-electron chi connectivity index (χ2n) is 8.02. The first-order valence-electron chi connectivity index (χ1n) is 8.65. The molecule has 7 heteroatoms. The lowest BCUT2D eigenvalue weighted by atomic mass is 10.1. The van der Waals surface area contributed by atoms with Gasteiger partial charge in [0.1, 0.15) is 5.82 Å². The normalized spacial score (nSPS) is 13.8. The average Bonchev–Trinajstić information content (AvgIpc) is 2.94. The van der Waals surface area contributed by atoms with Crippen molar-refractivity contribution in [2.45, 2.75) is 51.5 Å². The number of benzene rings is 1. The van der Waals surface area contributed by atoms with Gasteiger partial charge in [-0.15, -0.1) is 0 Å². The van der Waals surface area contributed by atoms with Crippen LogP contribution in [0.5, 0.6) is 0 Å². The fourth-order valence-electron chi connectivity index (χ4n) is 2.26. The zero-order valence-electron chi connectivity index (χ0n) is 15.9. The predicted molar refractivity (Wildman–Crippen MR) is 113 cm³/mol. The van der Waals surface area contributed by atoms with Gasteiger partial charge in [-0.1, -0.05) is 38.4 Å². The van der Waals surface area contributed by atoms with Crippen LogP contribution < -0.4 is 5.32 Å². The Morgan fingerprint density at radius 1 is 1.31 bits per heavy atom. The van der Waals surface area contributed by atoms with Gasteiger partial charge in [-0.05, 0) is 57.8 Å². The molecule has 0 spiro atoms. The van der Waals surface area contributed by atoms with Gasteiger partial charge >= 0.3 is 0 Å². The molecule has 144 valence electrons. The van der Waals surface area contributed by atoms with Gasteiger partial charge in [0.2, 0.25) is 0 Å². The van der Waals surface area contributed by atoms with E-state index in [1.165, 1.54) is 6.07 Å². The number of aromatic amines is 1. The average molecular weight is 462 g/mol. The molecule has 0 bridgehead atoms. The van der Waals surface area contributed by atoms with Crippen molar-refractivity contribution < 1.29 is 8.82 Å². The fourth-order valence-corrected chi connectivity index (χ4v) is 3.85. The van der Waals surface area contributed by atoms with E-state index in [4.69, 9.17) is 16.0 Å². The number of rotatable bonds is 7. The van der Waals surface area contributed by atoms with Crippen molar-refractivity contribution in [2.24, 2.45) is 0 Å². The van der Waals surface area contributed by atoms with E-state index in [1.54, 1.807) is 12.1 Å². The summed E-state index contributed by atoms with van der Waals surface area (Å²) < 4.78 is 21.0. The number of aromatic nitrogens is 1. The van der Waals surface area contributed by atoms with Gasteiger partial charge < -0.3 is 14.7 Å². The summed E-state index contributed by atoms with van der Waals surface area (Å²) in [5.74, 6) is -0.409. The molecule has 0 saturated heterocycles. The molecule has 0 unspecified atom stereocenters. The van der Waals surface area contributed by atoms with Crippen LogP contribution >= 0.6 is 27.5 Å². The summed E-state index contributed by atoms with van der Waals surface area (Å²) in [5, 5.41) is 3.76. The Balaban J connectivity index is 2.16. The largest absolute Gasteiger partial charge is 0.415 e. The van der Waals surface area contributed by atoms with E-state index < -0.39 is 14.1 Å². The van der Waals surface area contributed by atoms with Gasteiger partial charge in [0, 0.05) is 22.9 Å². The van der Waals surface area contributed by atoms with Crippen molar-refractivity contribution in [3.05, 3.63) is 57.0 Å². The van der Waals surface area contributed by atoms with E-state index >= 15 is 0 Å². The van der Waals surface area contributed by atoms with Crippen molar-refractivity contribution in [1.82, 2.24) is 10.3 Å². The molecule has 3 nitrogen and oxygen atoms in total. The minimum atomic E-state index is -1.89. The summed E-state index contributed by atoms with van der Waals surface area (Å²) in [6.07, 6.45) is 1.90. The highest BCUT2D eigenvalue weighted by atomic mass is 79.9. The molecule has 1 heterocycles. The van der Waals surface area contributed by atoms with Crippen molar-refractivity contribution >= 4 is 35.8 Å². The second-order valence-corrected chi connectivity index (χ2v) is 14.2. The molecule has 2 N–H and O–H groups in total. The third-order valence-corrected chi connectivity index (χ3v) is 10.3. The summed E-state index contributed by atoms with van der Waals surface area (Å²) in [4.78, 5) is 3.20. The van der Waals surface area contributed by atoms with Crippen molar-refractivity contribution in [3.63, 3.8) is 0 Å². The zero-order chi connectivity index (χ0) is 19.5. The summed E-state index contributed by atoms with van der Waals surface area (Å²) in [6, 6.07) is 6.79. The number of nitrogens with one attached hydrogen (secondary N) is 2. The fraction of sp³-hybridized carbons (Fsp3) is 0.474. The van der Waals surface area contributed by atoms with Gasteiger partial charge in [0.05, 0.1) is 17.7 Å². The molecule has 0 amide bonds. The molecule has 2 rings (SSSR count). The molecule has 0 saturated carbocycles. The Hall–Kier alpha value is -0.663. The third-order valence-electron chi connectivity index (χ3n) is 5.01. The summed E-state index contributed by atoms with van der Waals surface area (Å²) in [7, 11) is -1.89. The van der Waals surface area contributed by atoms with Crippen LogP contribution in [0.3, 0.4) is 0 Å². The van der Waals surface area contributed by atoms with Gasteiger partial charge in [-0.25, -0.2) is 4.39 Å². The molecular formula is C19H27BrClFN2OSi. The van der Waals surface area contributed by atoms with Gasteiger partial charge in [-0.2, -0.15) is 0 Å². The van der Waals surface area contributed by atoms with E-state index in [-0.39, 0.29) is 16.1 Å². The maximum atomic E-state index is 13.6. The van der Waals surface area contributed by atoms with Crippen LogP contribution in [0.2, 0.25) is 23.2 Å². The SMILES string of the molecule is CC(C)(C)[Si](C)(C)OC[C@@H](NCc1cc(Br)c[nH]1)c1ccc(F)c(Cl)c1. The molecule has 1 aromatic heterocycles. The van der Waals surface area contributed by atoms with Gasteiger partial charge in [0.15, 0.2) is 8.32 Å². The molecule has 1 aromatic carbocycles. The van der Waals surface area contributed by atoms with Gasteiger partial charge in [0.25, 0.3) is 0 Å². The van der Waals surface area contributed by atoms with Crippen molar-refractivity contribution in [2.75, 3.05) is 6.61 Å². The smallest absolute Gasteiger partial charge is 0.192 e. The first-order valence-corrected chi connectivity index (χ1v) is 12.7. The minimum absolute atomic E-state index is 0.0794. The summed E-state index contributed by atoms with van der Waals surface area (Å²) in [6.45, 7) is 12.3. The monoisotopic (exact) mass is 460 g/mol. The Labute approximate surface area is 169 Å². The Kier molecular flexibility index (Phi) is 7.13. The third kappa shape index (κ3) is 5.66. The van der Waals surface area contributed by atoms with E-state index in [1.807, 2.05) is 12.3 Å². The summed E-state index contributed by atoms with van der Waals surface area (Å²) >= 11 is 9.44. The van der Waals surface area contributed by atoms with E-state index in [9.17, 15) is 4.39 Å². The Bertz CT molecular complexity index is 745. The molecule has 26 heavy (non-hydrogen) atoms. The van der Waals surface area contributed by atoms with Crippen LogP contribution in [0, 0.1) is 5.82 Å². The number of hydrogen-bond acceptors (Lipinski definition) is 2. The van der Waals surface area contributed by atoms with E-state index in [0.717, 1.165) is 15.7 Å². The summed E-state index contributed by atoms with van der Waals surface area (Å²) in [5.41, 5.74) is 1.98. The first-order chi connectivity index (χ1) is 12.0. The maximum Gasteiger partial charge on any atom is 0.192 e. The quantitative estimate of drug-likeness (QED) is 0.467. The van der Waals surface area contributed by atoms with Crippen LogP contribution in [0.1, 0.15) is 38.1 Å². The Morgan fingerprint density at radius 3 is 2.54 bits per heavy atom. The van der Waals surface area contributed by atoms with E-state index in [2.05, 4.69) is 60.1 Å². The minimum Gasteiger partial charge on any atom is -0.415 e. The first kappa shape index (κ1) is 21.6. The number of H-pyrrole nitrogens is 1. The van der Waals surface area contributed by atoms with Crippen molar-refractivity contribution in [1.29, 1.82) is 0 Å². The molecule has 0 fully saturated rings. The second kappa shape index (κ2) is 8.57. The molecule has 2 aromatic rings. The molecule has 0 aliphatic carbocycles. The molecule has 0 radical (unpaired) electrons. The molecule has 0 aliphatic heterocycles. The molecule has 0 aliphatic rings. The lowest BCUT2D eigenvalue weighted by Gasteiger charge is -2.37. The lowest BCUT2D eigenvalue weighted by molar-refractivity contribution is 0.242. The van der Waals surface area contributed by atoms with Crippen LogP contribution in [0.4, 0.5) is 4.39 Å². The standard InChI is InChI=1S/C19H27BrClFN2OSi/c1-19(2,3)26(4,5)25-12-18(13-6-7-17(22)16(21)8-13)24-11-15-9-14(20)10-23-15/h6-10,18,23-24H,11-12H2,1-5H3/t18-/m1/s1. The zero-order valence-corrected chi connectivity index (χ0v) is 19.3. The highest BCUT2D eigenvalue weighted by Crippen LogP contribution is 2.37. The number of halogens is 3. The van der Waals surface area contributed by atoms with Crippen LogP contribution in [0.15, 0.2) is 34.9 Å². The number of hydrogen-bond donors (Lipinski definition) is 2. The van der Waals surface area contributed by atoms with Gasteiger partial charge in [-0.3, -0.25) is 0 Å². The Morgan fingerprint density at radius 2 is 2.00 bits per heavy atom. The van der Waals surface area contributed by atoms with Crippen LogP contribution in [0.25, 0.3) is 0 Å². The van der Waals surface area contributed by atoms with Crippen LogP contribution in [-0.4, -0.2) is 19.9 Å². The highest BCUT2D eigenvalue weighted by molar-refractivity contribution is 9.10. The molecular weight excluding hydrogens is 435 g/mol. The highest BCUT2D eigenvalue weighted by Gasteiger charge is 2.37. The lowest BCUT2D eigenvalue weighted by Crippen LogP contribution is -2.43. The predicted octanol–water partition coefficient (Wildman–Crippen LogP) is 6.42. The van der Waals surface area contributed by atoms with Crippen LogP contribution in [-0.2, 0) is 11.0 Å². The maximum absolute atomic E-state index is 13.6.